The van der Waals surface area contributed by atoms with E-state index in [-0.39, 0.29) is 0 Å². The second-order valence-corrected chi connectivity index (χ2v) is 3.87. The van der Waals surface area contributed by atoms with Gasteiger partial charge in [0.2, 0.25) is 0 Å². The summed E-state index contributed by atoms with van der Waals surface area (Å²) >= 11 is 5.92. The van der Waals surface area contributed by atoms with Gasteiger partial charge in [-0.1, -0.05) is 25.4 Å². The highest BCUT2D eigenvalue weighted by Crippen LogP contribution is 2.25. The van der Waals surface area contributed by atoms with E-state index in [4.69, 9.17) is 21.6 Å². The van der Waals surface area contributed by atoms with Crippen molar-refractivity contribution in [3.8, 4) is 11.8 Å². The molecule has 0 bridgehead atoms. The minimum absolute atomic E-state index is 0.460. The molecule has 0 radical (unpaired) electrons. The number of hydrogen-bond acceptors (Lipinski definition) is 2. The summed E-state index contributed by atoms with van der Waals surface area (Å²) in [4.78, 5) is 0. The van der Waals surface area contributed by atoms with E-state index in [9.17, 15) is 0 Å². The van der Waals surface area contributed by atoms with Gasteiger partial charge in [-0.05, 0) is 24.1 Å². The van der Waals surface area contributed by atoms with Crippen LogP contribution >= 0.6 is 11.6 Å². The van der Waals surface area contributed by atoms with E-state index >= 15 is 0 Å². The minimum Gasteiger partial charge on any atom is -0.492 e. The molecule has 14 heavy (non-hydrogen) atoms. The fourth-order valence-corrected chi connectivity index (χ4v) is 1.18. The maximum absolute atomic E-state index is 8.62. The molecule has 74 valence electrons. The number of rotatable bonds is 3. The Morgan fingerprint density at radius 2 is 2.21 bits per heavy atom. The molecule has 0 amide bonds. The standard InChI is InChI=1S/C11H12ClNO/c1-8(2)7-14-11-4-3-9(6-13)5-10(11)12/h3-5,8H,7H2,1-2H3. The van der Waals surface area contributed by atoms with Crippen LogP contribution in [0, 0.1) is 17.2 Å². The predicted molar refractivity (Wildman–Crippen MR) is 56.5 cm³/mol. The number of halogens is 1. The monoisotopic (exact) mass is 209 g/mol. The molecule has 3 heteroatoms. The normalized spacial score (nSPS) is 9.93. The molecule has 1 rings (SSSR count). The Morgan fingerprint density at radius 3 is 2.71 bits per heavy atom. The highest BCUT2D eigenvalue weighted by atomic mass is 35.5. The van der Waals surface area contributed by atoms with Gasteiger partial charge in [-0.2, -0.15) is 5.26 Å². The maximum Gasteiger partial charge on any atom is 0.137 e. The van der Waals surface area contributed by atoms with Crippen molar-refractivity contribution < 1.29 is 4.74 Å². The number of nitriles is 1. The minimum atomic E-state index is 0.460. The second kappa shape index (κ2) is 4.88. The van der Waals surface area contributed by atoms with Crippen molar-refractivity contribution in [1.29, 1.82) is 5.26 Å². The largest absolute Gasteiger partial charge is 0.492 e. The molecular weight excluding hydrogens is 198 g/mol. The van der Waals surface area contributed by atoms with Gasteiger partial charge in [-0.25, -0.2) is 0 Å². The molecule has 2 nitrogen and oxygen atoms in total. The third kappa shape index (κ3) is 2.93. The first-order chi connectivity index (χ1) is 6.63. The Kier molecular flexibility index (Phi) is 3.79. The molecule has 0 aromatic heterocycles. The molecule has 0 saturated heterocycles. The van der Waals surface area contributed by atoms with Crippen LogP contribution in [0.4, 0.5) is 0 Å². The molecule has 1 aromatic carbocycles. The third-order valence-electron chi connectivity index (χ3n) is 1.63. The van der Waals surface area contributed by atoms with Crippen molar-refractivity contribution in [3.63, 3.8) is 0 Å². The molecular formula is C11H12ClNO. The number of nitrogens with zero attached hydrogens (tertiary/aromatic N) is 1. The smallest absolute Gasteiger partial charge is 0.137 e. The maximum atomic E-state index is 8.62. The summed E-state index contributed by atoms with van der Waals surface area (Å²) in [6.07, 6.45) is 0. The van der Waals surface area contributed by atoms with Gasteiger partial charge in [0.05, 0.1) is 23.3 Å². The molecule has 0 heterocycles. The SMILES string of the molecule is CC(C)COc1ccc(C#N)cc1Cl. The fourth-order valence-electron chi connectivity index (χ4n) is 0.944. The Balaban J connectivity index is 2.75. The highest BCUT2D eigenvalue weighted by Gasteiger charge is 2.03. The molecule has 0 atom stereocenters. The molecule has 0 spiro atoms. The van der Waals surface area contributed by atoms with E-state index in [0.29, 0.717) is 28.9 Å². The van der Waals surface area contributed by atoms with Crippen LogP contribution in [0.25, 0.3) is 0 Å². The zero-order valence-corrected chi connectivity index (χ0v) is 9.01. The van der Waals surface area contributed by atoms with E-state index in [1.165, 1.54) is 0 Å². The lowest BCUT2D eigenvalue weighted by Crippen LogP contribution is -2.04. The van der Waals surface area contributed by atoms with Crippen LogP contribution in [0.3, 0.4) is 0 Å². The van der Waals surface area contributed by atoms with E-state index in [0.717, 1.165) is 0 Å². The van der Waals surface area contributed by atoms with Crippen LogP contribution in [0.15, 0.2) is 18.2 Å². The van der Waals surface area contributed by atoms with Crippen LogP contribution in [-0.4, -0.2) is 6.61 Å². The summed E-state index contributed by atoms with van der Waals surface area (Å²) < 4.78 is 5.46. The van der Waals surface area contributed by atoms with Gasteiger partial charge in [0.15, 0.2) is 0 Å². The number of benzene rings is 1. The van der Waals surface area contributed by atoms with Gasteiger partial charge in [-0.3, -0.25) is 0 Å². The zero-order chi connectivity index (χ0) is 10.6. The van der Waals surface area contributed by atoms with Crippen LogP contribution < -0.4 is 4.74 Å². The van der Waals surface area contributed by atoms with Gasteiger partial charge in [0.25, 0.3) is 0 Å². The molecule has 0 aliphatic rings. The first-order valence-corrected chi connectivity index (χ1v) is 4.83. The van der Waals surface area contributed by atoms with E-state index in [1.807, 2.05) is 6.07 Å². The Bertz CT molecular complexity index is 355. The summed E-state index contributed by atoms with van der Waals surface area (Å²) in [6.45, 7) is 4.76. The molecule has 0 saturated carbocycles. The van der Waals surface area contributed by atoms with Crippen molar-refractivity contribution in [2.24, 2.45) is 5.92 Å². The molecule has 0 fully saturated rings. The number of hydrogen-bond donors (Lipinski definition) is 0. The summed E-state index contributed by atoms with van der Waals surface area (Å²) in [7, 11) is 0. The van der Waals surface area contributed by atoms with Crippen molar-refractivity contribution in [2.75, 3.05) is 6.61 Å². The van der Waals surface area contributed by atoms with Crippen LogP contribution in [0.5, 0.6) is 5.75 Å². The van der Waals surface area contributed by atoms with Crippen LogP contribution in [-0.2, 0) is 0 Å². The van der Waals surface area contributed by atoms with Crippen molar-refractivity contribution in [1.82, 2.24) is 0 Å². The van der Waals surface area contributed by atoms with Crippen molar-refractivity contribution in [2.45, 2.75) is 13.8 Å². The van der Waals surface area contributed by atoms with Crippen LogP contribution in [0.1, 0.15) is 19.4 Å². The lowest BCUT2D eigenvalue weighted by Gasteiger charge is -2.09. The van der Waals surface area contributed by atoms with E-state index < -0.39 is 0 Å². The van der Waals surface area contributed by atoms with Gasteiger partial charge in [0.1, 0.15) is 5.75 Å². The van der Waals surface area contributed by atoms with Gasteiger partial charge in [0, 0.05) is 0 Å². The highest BCUT2D eigenvalue weighted by molar-refractivity contribution is 6.32. The Hall–Kier alpha value is -1.20. The topological polar surface area (TPSA) is 33.0 Å². The van der Waals surface area contributed by atoms with Gasteiger partial charge in [-0.15, -0.1) is 0 Å². The molecule has 0 aliphatic carbocycles. The lowest BCUT2D eigenvalue weighted by atomic mass is 10.2. The van der Waals surface area contributed by atoms with Crippen molar-refractivity contribution >= 4 is 11.6 Å². The Morgan fingerprint density at radius 1 is 1.50 bits per heavy atom. The summed E-state index contributed by atoms with van der Waals surface area (Å²) in [6, 6.07) is 7.05. The molecule has 1 aromatic rings. The third-order valence-corrected chi connectivity index (χ3v) is 1.93. The first-order valence-electron chi connectivity index (χ1n) is 4.46. The van der Waals surface area contributed by atoms with E-state index in [1.54, 1.807) is 18.2 Å². The van der Waals surface area contributed by atoms with Gasteiger partial charge < -0.3 is 4.74 Å². The van der Waals surface area contributed by atoms with Crippen molar-refractivity contribution in [3.05, 3.63) is 28.8 Å². The van der Waals surface area contributed by atoms with Crippen LogP contribution in [0.2, 0.25) is 5.02 Å². The summed E-state index contributed by atoms with van der Waals surface area (Å²) in [5.74, 6) is 1.10. The molecule has 0 N–H and O–H groups in total. The fraction of sp³-hybridized carbons (Fsp3) is 0.364. The first kappa shape index (κ1) is 10.9. The number of ether oxygens (including phenoxy) is 1. The summed E-state index contributed by atoms with van der Waals surface area (Å²) in [5.41, 5.74) is 0.548. The van der Waals surface area contributed by atoms with Gasteiger partial charge >= 0.3 is 0 Å². The average Bonchev–Trinajstić information content (AvgIpc) is 2.15. The predicted octanol–water partition coefficient (Wildman–Crippen LogP) is 3.25. The Labute approximate surface area is 89.1 Å². The second-order valence-electron chi connectivity index (χ2n) is 3.46. The average molecular weight is 210 g/mol. The molecule has 0 aliphatic heterocycles. The van der Waals surface area contributed by atoms with E-state index in [2.05, 4.69) is 13.8 Å². The quantitative estimate of drug-likeness (QED) is 0.766. The molecule has 0 unspecified atom stereocenters. The summed E-state index contributed by atoms with van der Waals surface area (Å²) in [5, 5.41) is 9.11. The lowest BCUT2D eigenvalue weighted by molar-refractivity contribution is 0.271. The zero-order valence-electron chi connectivity index (χ0n) is 8.25.